The Kier molecular flexibility index (Phi) is 39.0. The molecule has 1 rings (SSSR count). The predicted octanol–water partition coefficient (Wildman–Crippen LogP) is 10.5. The van der Waals surface area contributed by atoms with Crippen LogP contribution in [0, 0.1) is 0 Å². The molecule has 0 aromatic carbocycles. The Labute approximate surface area is 368 Å². The third-order valence-electron chi connectivity index (χ3n) is 12.8. The minimum Gasteiger partial charge on any atom is -0.394 e. The largest absolute Gasteiger partial charge is 0.394 e. The van der Waals surface area contributed by atoms with Gasteiger partial charge in [0.1, 0.15) is 30.5 Å². The van der Waals surface area contributed by atoms with Gasteiger partial charge >= 0.3 is 0 Å². The molecule has 0 unspecified atom stereocenters. The summed E-state index contributed by atoms with van der Waals surface area (Å²) in [7, 11) is 0. The maximum Gasteiger partial charge on any atom is 0.249 e. The highest BCUT2D eigenvalue weighted by atomic mass is 16.7. The Balaban J connectivity index is 2.27. The average Bonchev–Trinajstić information content (AvgIpc) is 3.25. The normalized spacial score (nSPS) is 21.0. The molecule has 0 aromatic heterocycles. The Hall–Kier alpha value is -0.850. The third-order valence-corrected chi connectivity index (χ3v) is 12.8. The van der Waals surface area contributed by atoms with Crippen LogP contribution in [0.15, 0.2) is 0 Å². The maximum atomic E-state index is 13.1. The standard InChI is InChI=1S/C50H99NO9/c1-3-5-7-9-11-13-15-17-18-19-20-21-22-23-24-25-27-29-31-33-35-37-39-44(54)49(58)51-42(41-59-50-48(57)47(56)46(55)45(40-52)60-50)43(53)38-36-34-32-30-28-26-16-14-12-10-8-6-4-2/h42-48,50,52-57H,3-41H2,1-2H3,(H,51,58)/t42-,43+,44+,45-,46-,47-,48-,50-/m0/s1. The molecule has 1 fully saturated rings. The number of aliphatic hydroxyl groups excluding tert-OH is 6. The molecular weight excluding hydrogens is 759 g/mol. The summed E-state index contributed by atoms with van der Waals surface area (Å²) in [6, 6.07) is -0.888. The van der Waals surface area contributed by atoms with E-state index in [1.165, 1.54) is 180 Å². The van der Waals surface area contributed by atoms with Crippen LogP contribution >= 0.6 is 0 Å². The summed E-state index contributed by atoms with van der Waals surface area (Å²) >= 11 is 0. The number of nitrogens with one attached hydrogen (secondary N) is 1. The van der Waals surface area contributed by atoms with E-state index in [0.29, 0.717) is 12.8 Å². The van der Waals surface area contributed by atoms with Crippen LogP contribution in [0.2, 0.25) is 0 Å². The van der Waals surface area contributed by atoms with Gasteiger partial charge < -0.3 is 45.4 Å². The molecule has 10 heteroatoms. The van der Waals surface area contributed by atoms with Gasteiger partial charge in [0, 0.05) is 0 Å². The van der Waals surface area contributed by atoms with Gasteiger partial charge in [-0.1, -0.05) is 239 Å². The van der Waals surface area contributed by atoms with E-state index in [1.807, 2.05) is 0 Å². The van der Waals surface area contributed by atoms with Gasteiger partial charge in [0.25, 0.3) is 0 Å². The molecular formula is C50H99NO9. The number of hydrogen-bond acceptors (Lipinski definition) is 9. The minimum absolute atomic E-state index is 0.250. The van der Waals surface area contributed by atoms with Crippen LogP contribution in [-0.2, 0) is 14.3 Å². The SMILES string of the molecule is CCCCCCCCCCCCCCCCCCCCCCCC[C@@H](O)C(=O)N[C@@H](CO[C@H]1O[C@@H](CO)[C@H](O)[C@H](O)[C@@H]1O)[C@H](O)CCCCCCCCCCCCCCC. The van der Waals surface area contributed by atoms with E-state index < -0.39 is 61.5 Å². The smallest absolute Gasteiger partial charge is 0.249 e. The molecule has 0 bridgehead atoms. The molecule has 60 heavy (non-hydrogen) atoms. The fraction of sp³-hybridized carbons (Fsp3) is 0.980. The highest BCUT2D eigenvalue weighted by molar-refractivity contribution is 5.80. The lowest BCUT2D eigenvalue weighted by molar-refractivity contribution is -0.302. The predicted molar refractivity (Wildman–Crippen MR) is 246 cm³/mol. The van der Waals surface area contributed by atoms with Crippen molar-refractivity contribution in [2.45, 2.75) is 300 Å². The van der Waals surface area contributed by atoms with Crippen LogP contribution in [0.5, 0.6) is 0 Å². The third kappa shape index (κ3) is 30.3. The van der Waals surface area contributed by atoms with Gasteiger partial charge in [-0.2, -0.15) is 0 Å². The zero-order valence-corrected chi connectivity index (χ0v) is 39.1. The molecule has 1 aliphatic heterocycles. The van der Waals surface area contributed by atoms with Crippen molar-refractivity contribution in [1.29, 1.82) is 0 Å². The summed E-state index contributed by atoms with van der Waals surface area (Å²) in [5.41, 5.74) is 0. The lowest BCUT2D eigenvalue weighted by Crippen LogP contribution is -2.60. The van der Waals surface area contributed by atoms with E-state index in [0.717, 1.165) is 44.9 Å². The Morgan fingerprint density at radius 3 is 1.18 bits per heavy atom. The van der Waals surface area contributed by atoms with Crippen molar-refractivity contribution < 1.29 is 44.9 Å². The maximum absolute atomic E-state index is 13.1. The number of amides is 1. The minimum atomic E-state index is -1.59. The molecule has 1 amide bonds. The number of ether oxygens (including phenoxy) is 2. The van der Waals surface area contributed by atoms with E-state index in [4.69, 9.17) is 9.47 Å². The first-order chi connectivity index (χ1) is 29.3. The van der Waals surface area contributed by atoms with Gasteiger partial charge in [0.15, 0.2) is 6.29 Å². The van der Waals surface area contributed by atoms with E-state index in [1.54, 1.807) is 0 Å². The molecule has 0 radical (unpaired) electrons. The van der Waals surface area contributed by atoms with Crippen molar-refractivity contribution in [2.75, 3.05) is 13.2 Å². The summed E-state index contributed by atoms with van der Waals surface area (Å²) in [4.78, 5) is 13.1. The van der Waals surface area contributed by atoms with Crippen molar-refractivity contribution >= 4 is 5.91 Å². The van der Waals surface area contributed by atoms with E-state index >= 15 is 0 Å². The Bertz CT molecular complexity index is 926. The quantitative estimate of drug-likeness (QED) is 0.0295. The first kappa shape index (κ1) is 57.2. The molecule has 0 spiro atoms. The van der Waals surface area contributed by atoms with Crippen molar-refractivity contribution in [3.63, 3.8) is 0 Å². The van der Waals surface area contributed by atoms with E-state index in [9.17, 15) is 35.4 Å². The summed E-state index contributed by atoms with van der Waals surface area (Å²) in [5.74, 6) is -0.578. The van der Waals surface area contributed by atoms with Gasteiger partial charge in [-0.25, -0.2) is 0 Å². The first-order valence-electron chi connectivity index (χ1n) is 25.8. The van der Waals surface area contributed by atoms with Crippen LogP contribution in [-0.4, -0.2) is 98.7 Å². The zero-order valence-electron chi connectivity index (χ0n) is 39.1. The topological polar surface area (TPSA) is 169 Å². The summed E-state index contributed by atoms with van der Waals surface area (Å²) in [5, 5.41) is 65.0. The molecule has 10 nitrogen and oxygen atoms in total. The second-order valence-electron chi connectivity index (χ2n) is 18.5. The first-order valence-corrected chi connectivity index (χ1v) is 25.8. The molecule has 0 aromatic rings. The van der Waals surface area contributed by atoms with Crippen LogP contribution in [0.3, 0.4) is 0 Å². The number of aliphatic hydroxyl groups is 6. The number of carbonyl (C=O) groups is 1. The number of carbonyl (C=O) groups excluding carboxylic acids is 1. The van der Waals surface area contributed by atoms with E-state index in [-0.39, 0.29) is 6.61 Å². The summed E-state index contributed by atoms with van der Waals surface area (Å²) in [6.07, 6.45) is 35.9. The number of unbranched alkanes of at least 4 members (excludes halogenated alkanes) is 33. The summed E-state index contributed by atoms with van der Waals surface area (Å²) < 4.78 is 11.2. The molecule has 358 valence electrons. The number of hydrogen-bond donors (Lipinski definition) is 7. The van der Waals surface area contributed by atoms with Crippen LogP contribution < -0.4 is 5.32 Å². The van der Waals surface area contributed by atoms with Gasteiger partial charge in [0.2, 0.25) is 5.91 Å². The summed E-state index contributed by atoms with van der Waals surface area (Å²) in [6.45, 7) is 3.69. The lowest BCUT2D eigenvalue weighted by Gasteiger charge is -2.40. The lowest BCUT2D eigenvalue weighted by atomic mass is 9.99. The fourth-order valence-corrected chi connectivity index (χ4v) is 8.58. The van der Waals surface area contributed by atoms with Crippen molar-refractivity contribution in [1.82, 2.24) is 5.32 Å². The second-order valence-corrected chi connectivity index (χ2v) is 18.5. The van der Waals surface area contributed by atoms with Crippen molar-refractivity contribution in [3.05, 3.63) is 0 Å². The Morgan fingerprint density at radius 2 is 0.833 bits per heavy atom. The fourth-order valence-electron chi connectivity index (χ4n) is 8.58. The number of rotatable bonds is 44. The van der Waals surface area contributed by atoms with Crippen molar-refractivity contribution in [3.8, 4) is 0 Å². The van der Waals surface area contributed by atoms with Crippen LogP contribution in [0.4, 0.5) is 0 Å². The monoisotopic (exact) mass is 858 g/mol. The molecule has 1 heterocycles. The molecule has 8 atom stereocenters. The van der Waals surface area contributed by atoms with Gasteiger partial charge in [-0.3, -0.25) is 4.79 Å². The second kappa shape index (κ2) is 40.9. The van der Waals surface area contributed by atoms with Crippen LogP contribution in [0.1, 0.15) is 251 Å². The highest BCUT2D eigenvalue weighted by Gasteiger charge is 2.44. The molecule has 1 aliphatic rings. The molecule has 0 aliphatic carbocycles. The van der Waals surface area contributed by atoms with Crippen molar-refractivity contribution in [2.24, 2.45) is 0 Å². The Morgan fingerprint density at radius 1 is 0.500 bits per heavy atom. The van der Waals surface area contributed by atoms with Gasteiger partial charge in [-0.15, -0.1) is 0 Å². The molecule has 7 N–H and O–H groups in total. The van der Waals surface area contributed by atoms with E-state index in [2.05, 4.69) is 19.2 Å². The molecule has 0 saturated carbocycles. The average molecular weight is 858 g/mol. The molecule has 1 saturated heterocycles. The van der Waals surface area contributed by atoms with Gasteiger partial charge in [-0.05, 0) is 12.8 Å². The van der Waals surface area contributed by atoms with Crippen LogP contribution in [0.25, 0.3) is 0 Å². The zero-order chi connectivity index (χ0) is 43.9. The van der Waals surface area contributed by atoms with Gasteiger partial charge in [0.05, 0.1) is 25.4 Å². The highest BCUT2D eigenvalue weighted by Crippen LogP contribution is 2.23.